The lowest BCUT2D eigenvalue weighted by molar-refractivity contribution is -0.862. The SMILES string of the molecule is Cn1c(-c2ccnn2-c2ccc(C#N)cc2)c(C(=O)NC2(C)CCN(C(=O)C[N+](C)(C)C)CC2)c(=O)n1-c1cccc(C(F)(F)F)c1.O=S(=O)([O-])c1ccccc1. The number of carbonyl (C=O) groups is 2. The number of alkyl halides is 3. The first-order valence-corrected chi connectivity index (χ1v) is 19.0. The van der Waals surface area contributed by atoms with Crippen molar-refractivity contribution in [3.8, 4) is 28.8 Å². The highest BCUT2D eigenvalue weighted by atomic mass is 32.2. The van der Waals surface area contributed by atoms with E-state index in [2.05, 4.69) is 10.4 Å². The Bertz CT molecular complexity index is 2470. The number of carbonyl (C=O) groups excluding carboxylic acids is 2. The van der Waals surface area contributed by atoms with Gasteiger partial charge in [-0.2, -0.15) is 23.5 Å². The van der Waals surface area contributed by atoms with E-state index >= 15 is 0 Å². The molecule has 3 heterocycles. The summed E-state index contributed by atoms with van der Waals surface area (Å²) >= 11 is 0. The Labute approximate surface area is 327 Å². The lowest BCUT2D eigenvalue weighted by Gasteiger charge is -2.40. The molecule has 5 aromatic rings. The number of aromatic nitrogens is 4. The number of nitrogens with one attached hydrogen (secondary N) is 1. The number of hydrogen-bond donors (Lipinski definition) is 1. The van der Waals surface area contributed by atoms with Crippen LogP contribution in [0.4, 0.5) is 13.2 Å². The summed E-state index contributed by atoms with van der Waals surface area (Å²) in [5.41, 5.74) is -1.46. The average molecular weight is 807 g/mol. The topological polar surface area (TPSA) is 175 Å². The van der Waals surface area contributed by atoms with Crippen molar-refractivity contribution in [2.75, 3.05) is 40.8 Å². The number of halogens is 3. The predicted molar refractivity (Wildman–Crippen MR) is 202 cm³/mol. The molecule has 1 fully saturated rings. The fourth-order valence-corrected chi connectivity index (χ4v) is 6.87. The third kappa shape index (κ3) is 9.86. The first-order chi connectivity index (χ1) is 26.6. The number of likely N-dealkylation sites (N-methyl/N-ethyl adjacent to an activating group) is 1. The first kappa shape index (κ1) is 42.1. The van der Waals surface area contributed by atoms with E-state index in [0.29, 0.717) is 53.9 Å². The minimum Gasteiger partial charge on any atom is -0.744 e. The summed E-state index contributed by atoms with van der Waals surface area (Å²) < 4.78 is 76.2. The molecule has 14 nitrogen and oxygen atoms in total. The molecule has 6 rings (SSSR count). The Morgan fingerprint density at radius 2 is 1.60 bits per heavy atom. The van der Waals surface area contributed by atoms with Crippen LogP contribution in [0.5, 0.6) is 0 Å². The first-order valence-electron chi connectivity index (χ1n) is 17.6. The maximum atomic E-state index is 14.1. The zero-order valence-electron chi connectivity index (χ0n) is 31.8. The molecule has 0 aliphatic carbocycles. The maximum Gasteiger partial charge on any atom is 0.416 e. The van der Waals surface area contributed by atoms with Crippen LogP contribution in [-0.4, -0.2) is 99.6 Å². The molecule has 0 bridgehead atoms. The van der Waals surface area contributed by atoms with E-state index in [0.717, 1.165) is 16.8 Å². The zero-order chi connectivity index (χ0) is 41.9. The summed E-state index contributed by atoms with van der Waals surface area (Å²) in [6.07, 6.45) is -2.30. The summed E-state index contributed by atoms with van der Waals surface area (Å²) in [5, 5.41) is 16.6. The van der Waals surface area contributed by atoms with Crippen LogP contribution in [0.25, 0.3) is 22.8 Å². The largest absolute Gasteiger partial charge is 0.744 e. The summed E-state index contributed by atoms with van der Waals surface area (Å²) in [6, 6.07) is 21.7. The van der Waals surface area contributed by atoms with Gasteiger partial charge in [0.05, 0.1) is 66.5 Å². The Morgan fingerprint density at radius 3 is 2.14 bits per heavy atom. The molecule has 0 saturated carbocycles. The van der Waals surface area contributed by atoms with Crippen molar-refractivity contribution < 1.29 is 40.2 Å². The van der Waals surface area contributed by atoms with Crippen LogP contribution in [0.15, 0.2) is 101 Å². The van der Waals surface area contributed by atoms with Crippen LogP contribution >= 0.6 is 0 Å². The molecule has 0 radical (unpaired) electrons. The van der Waals surface area contributed by atoms with Gasteiger partial charge in [-0.05, 0) is 80.4 Å². The fourth-order valence-electron chi connectivity index (χ4n) is 6.38. The third-order valence-corrected chi connectivity index (χ3v) is 10.2. The highest BCUT2D eigenvalue weighted by Gasteiger charge is 2.37. The van der Waals surface area contributed by atoms with Gasteiger partial charge in [0, 0.05) is 25.7 Å². The molecule has 1 aliphatic heterocycles. The van der Waals surface area contributed by atoms with Crippen LogP contribution in [0.2, 0.25) is 0 Å². The molecule has 0 spiro atoms. The molecule has 2 amide bonds. The summed E-state index contributed by atoms with van der Waals surface area (Å²) in [4.78, 5) is 42.7. The van der Waals surface area contributed by atoms with Gasteiger partial charge in [0.25, 0.3) is 17.4 Å². The van der Waals surface area contributed by atoms with Crippen molar-refractivity contribution in [3.63, 3.8) is 0 Å². The van der Waals surface area contributed by atoms with Crippen LogP contribution < -0.4 is 10.9 Å². The van der Waals surface area contributed by atoms with Crippen LogP contribution in [0, 0.1) is 11.3 Å². The average Bonchev–Trinajstić information content (AvgIpc) is 3.72. The van der Waals surface area contributed by atoms with Crippen molar-refractivity contribution in [2.24, 2.45) is 7.05 Å². The standard InChI is InChI=1S/C33H35F3N8O3.C6H6O3S/c1-32(14-17-41(18-15-32)27(45)21-44(3,4)5)39-30(46)28-29(26-13-16-38-42(26)24-11-9-22(20-37)10-12-24)40(2)43(31(28)47)25-8-6-7-23(19-25)33(34,35)36;7-10(8,9)6-4-2-1-3-5-6/h6-13,16,19H,14-15,17-18,21H2,1-5H3;1-5H,(H,7,8,9). The summed E-state index contributed by atoms with van der Waals surface area (Å²) in [6.45, 7) is 3.01. The van der Waals surface area contributed by atoms with Gasteiger partial charge in [0.2, 0.25) is 0 Å². The van der Waals surface area contributed by atoms with Gasteiger partial charge in [0.1, 0.15) is 21.4 Å². The van der Waals surface area contributed by atoms with E-state index < -0.39 is 38.9 Å². The van der Waals surface area contributed by atoms with Gasteiger partial charge in [-0.3, -0.25) is 19.1 Å². The highest BCUT2D eigenvalue weighted by Crippen LogP contribution is 2.32. The Hall–Kier alpha value is -6.03. The highest BCUT2D eigenvalue weighted by molar-refractivity contribution is 7.85. The normalized spacial score (nSPS) is 14.3. The molecule has 0 atom stereocenters. The molecule has 0 unspecified atom stereocenters. The molecule has 1 aliphatic rings. The van der Waals surface area contributed by atoms with Gasteiger partial charge in [-0.1, -0.05) is 24.3 Å². The number of piperidine rings is 1. The van der Waals surface area contributed by atoms with Crippen LogP contribution in [-0.2, 0) is 28.1 Å². The van der Waals surface area contributed by atoms with E-state index in [1.165, 1.54) is 59.0 Å². The lowest BCUT2D eigenvalue weighted by atomic mass is 9.89. The smallest absolute Gasteiger partial charge is 0.416 e. The van der Waals surface area contributed by atoms with Crippen LogP contribution in [0.1, 0.15) is 41.3 Å². The van der Waals surface area contributed by atoms with Crippen LogP contribution in [0.3, 0.4) is 0 Å². The van der Waals surface area contributed by atoms with Gasteiger partial charge >= 0.3 is 6.18 Å². The maximum absolute atomic E-state index is 14.1. The van der Waals surface area contributed by atoms with E-state index in [4.69, 9.17) is 0 Å². The minimum atomic E-state index is -4.65. The summed E-state index contributed by atoms with van der Waals surface area (Å²) in [7, 11) is 3.04. The predicted octanol–water partition coefficient (Wildman–Crippen LogP) is 4.33. The number of rotatable bonds is 8. The molecular weight excluding hydrogens is 766 g/mol. The second kappa shape index (κ2) is 16.2. The number of likely N-dealkylation sites (tertiary alicyclic amines) is 1. The molecule has 2 aromatic heterocycles. The van der Waals surface area contributed by atoms with Gasteiger partial charge in [-0.25, -0.2) is 17.8 Å². The van der Waals surface area contributed by atoms with Crippen molar-refractivity contribution in [1.82, 2.24) is 29.4 Å². The zero-order valence-corrected chi connectivity index (χ0v) is 32.6. The summed E-state index contributed by atoms with van der Waals surface area (Å²) in [5.74, 6) is -0.691. The van der Waals surface area contributed by atoms with Crippen molar-refractivity contribution in [1.29, 1.82) is 5.26 Å². The Balaban J connectivity index is 0.000000540. The fraction of sp³-hybridized carbons (Fsp3) is 0.308. The molecule has 57 heavy (non-hydrogen) atoms. The van der Waals surface area contributed by atoms with E-state index in [9.17, 15) is 45.8 Å². The number of hydrogen-bond acceptors (Lipinski definition) is 8. The molecule has 1 N–H and O–H groups in total. The van der Waals surface area contributed by atoms with Crippen molar-refractivity contribution in [2.45, 2.75) is 36.4 Å². The molecule has 18 heteroatoms. The monoisotopic (exact) mass is 806 g/mol. The van der Waals surface area contributed by atoms with E-state index in [1.54, 1.807) is 41.3 Å². The number of nitrogens with zero attached hydrogens (tertiary/aromatic N) is 7. The number of quaternary nitrogens is 1. The number of amides is 2. The van der Waals surface area contributed by atoms with Gasteiger partial charge < -0.3 is 19.3 Å². The molecule has 1 saturated heterocycles. The Kier molecular flexibility index (Phi) is 12.0. The third-order valence-electron chi connectivity index (χ3n) is 9.31. The van der Waals surface area contributed by atoms with Crippen molar-refractivity contribution in [3.05, 3.63) is 118 Å². The minimum absolute atomic E-state index is 0.0104. The number of benzene rings is 3. The van der Waals surface area contributed by atoms with Crippen molar-refractivity contribution >= 4 is 21.9 Å². The molecule has 300 valence electrons. The second-order valence-corrected chi connectivity index (χ2v) is 16.2. The second-order valence-electron chi connectivity index (χ2n) is 14.8. The quantitative estimate of drug-likeness (QED) is 0.178. The molecular formula is C39H41F3N8O6S. The van der Waals surface area contributed by atoms with E-state index in [1.807, 2.05) is 34.1 Å². The number of nitriles is 1. The van der Waals surface area contributed by atoms with Gasteiger partial charge in [-0.15, -0.1) is 0 Å². The van der Waals surface area contributed by atoms with E-state index in [-0.39, 0.29) is 27.7 Å². The van der Waals surface area contributed by atoms with Gasteiger partial charge in [0.15, 0.2) is 6.54 Å². The Morgan fingerprint density at radius 1 is 0.965 bits per heavy atom. The lowest BCUT2D eigenvalue weighted by Crippen LogP contribution is -2.56. The molecule has 3 aromatic carbocycles.